The molecule has 2 aromatic carbocycles. The van der Waals surface area contributed by atoms with E-state index in [1.165, 1.54) is 12.4 Å². The van der Waals surface area contributed by atoms with Crippen LogP contribution in [0.2, 0.25) is 0 Å². The Hall–Kier alpha value is -3.65. The molecule has 0 bridgehead atoms. The third kappa shape index (κ3) is 14.3. The molecule has 276 valence electrons. The summed E-state index contributed by atoms with van der Waals surface area (Å²) in [5.74, 6) is -3.27. The second kappa shape index (κ2) is 21.5. The fourth-order valence-corrected chi connectivity index (χ4v) is 7.69. The van der Waals surface area contributed by atoms with Gasteiger partial charge in [0.1, 0.15) is 24.3 Å². The average molecular weight is 739 g/mol. The Labute approximate surface area is 300 Å². The van der Waals surface area contributed by atoms with Crippen LogP contribution in [0, 0.1) is 11.6 Å². The second-order valence-corrected chi connectivity index (χ2v) is 14.5. The molecule has 0 saturated carbocycles. The highest BCUT2D eigenvalue weighted by molar-refractivity contribution is 7.92. The minimum absolute atomic E-state index is 0. The van der Waals surface area contributed by atoms with Crippen LogP contribution in [0.5, 0.6) is 0 Å². The summed E-state index contributed by atoms with van der Waals surface area (Å²) >= 11 is 0. The van der Waals surface area contributed by atoms with Gasteiger partial charge in [-0.3, -0.25) is 9.78 Å². The number of carbonyl (C=O) groups excluding carboxylic acids is 2. The molecule has 0 radical (unpaired) electrons. The SMILES string of the molecule is CCCC(CCC)S(=O)(=O)C[C@@H](NC(=O)OCc1ccncc1)C(=O)N[C@@H](Cc1cc(F)cc(F)c1)[C@H](O)CNCc1cccc(CC)c1.Cl. The van der Waals surface area contributed by atoms with Crippen molar-refractivity contribution in [2.75, 3.05) is 12.3 Å². The summed E-state index contributed by atoms with van der Waals surface area (Å²) in [4.78, 5) is 30.6. The van der Waals surface area contributed by atoms with Crippen molar-refractivity contribution in [2.24, 2.45) is 0 Å². The van der Waals surface area contributed by atoms with E-state index in [9.17, 15) is 31.9 Å². The van der Waals surface area contributed by atoms with Gasteiger partial charge in [0.05, 0.1) is 23.1 Å². The number of aliphatic hydroxyl groups is 1. The van der Waals surface area contributed by atoms with Gasteiger partial charge in [0, 0.05) is 31.5 Å². The molecule has 0 aliphatic rings. The van der Waals surface area contributed by atoms with E-state index < -0.39 is 62.7 Å². The number of pyridine rings is 1. The lowest BCUT2D eigenvalue weighted by molar-refractivity contribution is -0.124. The fraction of sp³-hybridized carbons (Fsp3) is 0.472. The van der Waals surface area contributed by atoms with E-state index in [1.54, 1.807) is 12.1 Å². The van der Waals surface area contributed by atoms with Gasteiger partial charge in [-0.2, -0.15) is 0 Å². The summed E-state index contributed by atoms with van der Waals surface area (Å²) in [6, 6.07) is 11.4. The van der Waals surface area contributed by atoms with E-state index in [4.69, 9.17) is 4.74 Å². The number of aliphatic hydroxyl groups excluding tert-OH is 1. The van der Waals surface area contributed by atoms with Gasteiger partial charge in [-0.05, 0) is 72.2 Å². The Balaban J connectivity index is 0.00000867. The Kier molecular flexibility index (Phi) is 18.3. The van der Waals surface area contributed by atoms with E-state index in [-0.39, 0.29) is 37.5 Å². The molecular weight excluding hydrogens is 690 g/mol. The monoisotopic (exact) mass is 738 g/mol. The maximum atomic E-state index is 14.1. The van der Waals surface area contributed by atoms with Crippen molar-refractivity contribution in [3.63, 3.8) is 0 Å². The van der Waals surface area contributed by atoms with Gasteiger partial charge in [0.15, 0.2) is 9.84 Å². The van der Waals surface area contributed by atoms with Crippen LogP contribution >= 0.6 is 12.4 Å². The zero-order valence-corrected chi connectivity index (χ0v) is 30.4. The van der Waals surface area contributed by atoms with E-state index in [0.29, 0.717) is 43.9 Å². The van der Waals surface area contributed by atoms with Crippen LogP contribution in [-0.2, 0) is 45.4 Å². The van der Waals surface area contributed by atoms with Gasteiger partial charge in [0.2, 0.25) is 5.91 Å². The van der Waals surface area contributed by atoms with Gasteiger partial charge < -0.3 is 25.8 Å². The Morgan fingerprint density at radius 1 is 0.880 bits per heavy atom. The molecule has 1 aromatic heterocycles. The van der Waals surface area contributed by atoms with E-state index in [2.05, 4.69) is 20.9 Å². The highest BCUT2D eigenvalue weighted by Gasteiger charge is 2.34. The summed E-state index contributed by atoms with van der Waals surface area (Å²) in [5, 5.41) is 18.8. The van der Waals surface area contributed by atoms with E-state index >= 15 is 0 Å². The first-order valence-electron chi connectivity index (χ1n) is 16.7. The first kappa shape index (κ1) is 42.5. The van der Waals surface area contributed by atoms with Gasteiger partial charge in [-0.25, -0.2) is 22.0 Å². The maximum absolute atomic E-state index is 14.1. The number of hydrogen-bond donors (Lipinski definition) is 4. The van der Waals surface area contributed by atoms with Crippen LogP contribution in [0.25, 0.3) is 0 Å². The van der Waals surface area contributed by atoms with E-state index in [1.807, 2.05) is 45.0 Å². The molecule has 3 atom stereocenters. The van der Waals surface area contributed by atoms with Crippen molar-refractivity contribution in [3.8, 4) is 0 Å². The Morgan fingerprint density at radius 3 is 2.14 bits per heavy atom. The smallest absolute Gasteiger partial charge is 0.408 e. The number of nitrogens with one attached hydrogen (secondary N) is 3. The molecule has 0 saturated heterocycles. The fourth-order valence-electron chi connectivity index (χ4n) is 5.53. The molecule has 2 amide bonds. The summed E-state index contributed by atoms with van der Waals surface area (Å²) in [6.45, 7) is 6.02. The van der Waals surface area contributed by atoms with Crippen molar-refractivity contribution in [2.45, 2.75) is 95.9 Å². The van der Waals surface area contributed by atoms with Crippen LogP contribution < -0.4 is 16.0 Å². The number of aryl methyl sites for hydroxylation is 1. The third-order valence-corrected chi connectivity index (χ3v) is 10.4. The number of amides is 2. The van der Waals surface area contributed by atoms with Gasteiger partial charge >= 0.3 is 6.09 Å². The molecule has 0 aliphatic carbocycles. The van der Waals surface area contributed by atoms with Gasteiger partial charge in [-0.1, -0.05) is 57.9 Å². The zero-order chi connectivity index (χ0) is 35.8. The molecule has 0 fully saturated rings. The standard InChI is InChI=1S/C36H48F2N4O6S.ClH/c1-4-8-31(9-5-2)49(46,47)24-33(42-36(45)48-23-26-12-14-39-15-13-26)35(44)41-32(19-28-17-29(37)20-30(38)18-28)34(43)22-40-21-27-11-7-10-25(6-3)16-27;/h7,10-18,20,31-34,40,43H,4-6,8-9,19,21-24H2,1-3H3,(H,41,44)(H,42,45);1H/t32-,33+,34+;/m0./s1. The van der Waals surface area contributed by atoms with Crippen LogP contribution in [0.3, 0.4) is 0 Å². The molecule has 4 N–H and O–H groups in total. The summed E-state index contributed by atoms with van der Waals surface area (Å²) in [7, 11) is -3.89. The number of ether oxygens (including phenoxy) is 1. The molecule has 0 spiro atoms. The van der Waals surface area contributed by atoms with Gasteiger partial charge in [-0.15, -0.1) is 12.4 Å². The number of halogens is 3. The number of hydrogen-bond acceptors (Lipinski definition) is 8. The number of alkyl carbamates (subject to hydrolysis) is 1. The number of sulfone groups is 1. The van der Waals surface area contributed by atoms with Crippen molar-refractivity contribution in [1.29, 1.82) is 0 Å². The van der Waals surface area contributed by atoms with Gasteiger partial charge in [0.25, 0.3) is 0 Å². The normalized spacial score (nSPS) is 13.2. The molecule has 10 nitrogen and oxygen atoms in total. The lowest BCUT2D eigenvalue weighted by Crippen LogP contribution is -2.57. The van der Waals surface area contributed by atoms with Crippen molar-refractivity contribution in [3.05, 3.63) is 101 Å². The largest absolute Gasteiger partial charge is 0.445 e. The molecule has 0 unspecified atom stereocenters. The van der Waals surface area contributed by atoms with Crippen LogP contribution in [0.4, 0.5) is 13.6 Å². The maximum Gasteiger partial charge on any atom is 0.408 e. The first-order valence-corrected chi connectivity index (χ1v) is 18.4. The summed E-state index contributed by atoms with van der Waals surface area (Å²) < 4.78 is 60.6. The van der Waals surface area contributed by atoms with Crippen molar-refractivity contribution < 1.29 is 36.6 Å². The molecule has 0 aliphatic heterocycles. The molecule has 50 heavy (non-hydrogen) atoms. The van der Waals surface area contributed by atoms with Crippen LogP contribution in [-0.4, -0.2) is 66.2 Å². The predicted octanol–water partition coefficient (Wildman–Crippen LogP) is 5.20. The summed E-state index contributed by atoms with van der Waals surface area (Å²) in [6.07, 6.45) is 3.41. The molecule has 14 heteroatoms. The minimum atomic E-state index is -3.89. The zero-order valence-electron chi connectivity index (χ0n) is 28.7. The Morgan fingerprint density at radius 2 is 1.52 bits per heavy atom. The van der Waals surface area contributed by atoms with Crippen LogP contribution in [0.1, 0.15) is 68.7 Å². The van der Waals surface area contributed by atoms with Crippen LogP contribution in [0.15, 0.2) is 67.0 Å². The first-order chi connectivity index (χ1) is 23.4. The number of nitrogens with zero attached hydrogens (tertiary/aromatic N) is 1. The highest BCUT2D eigenvalue weighted by atomic mass is 35.5. The lowest BCUT2D eigenvalue weighted by atomic mass is 10.00. The topological polar surface area (TPSA) is 147 Å². The molecule has 1 heterocycles. The Bertz CT molecular complexity index is 1580. The quantitative estimate of drug-likeness (QED) is 0.124. The molecular formula is C36H49ClF2N4O6S. The third-order valence-electron chi connectivity index (χ3n) is 8.11. The highest BCUT2D eigenvalue weighted by Crippen LogP contribution is 2.18. The minimum Gasteiger partial charge on any atom is -0.445 e. The van der Waals surface area contributed by atoms with E-state index in [0.717, 1.165) is 29.7 Å². The molecule has 3 rings (SSSR count). The number of rotatable bonds is 20. The number of carbonyl (C=O) groups is 2. The number of benzene rings is 2. The van der Waals surface area contributed by atoms with Crippen molar-refractivity contribution >= 4 is 34.2 Å². The summed E-state index contributed by atoms with van der Waals surface area (Å²) in [5.41, 5.74) is 2.92. The average Bonchev–Trinajstić information content (AvgIpc) is 3.06. The molecule has 3 aromatic rings. The second-order valence-electron chi connectivity index (χ2n) is 12.1. The number of aromatic nitrogens is 1. The predicted molar refractivity (Wildman–Crippen MR) is 192 cm³/mol. The van der Waals surface area contributed by atoms with Crippen molar-refractivity contribution in [1.82, 2.24) is 20.9 Å². The lowest BCUT2D eigenvalue weighted by Gasteiger charge is -2.28.